The molecule has 4 heteroatoms. The van der Waals surface area contributed by atoms with Crippen molar-refractivity contribution in [3.63, 3.8) is 0 Å². The molecule has 2 aliphatic carbocycles. The standard InChI is InChI=1S/C15H22N4/c1-10-17-18-15-14(3-2-6-19(10)15)16-9-13-8-11-4-5-12(13)7-11/h4-5,11-14,16H,2-3,6-9H2,1H3. The summed E-state index contributed by atoms with van der Waals surface area (Å²) in [4.78, 5) is 0. The van der Waals surface area contributed by atoms with Crippen molar-refractivity contribution in [2.24, 2.45) is 17.8 Å². The summed E-state index contributed by atoms with van der Waals surface area (Å²) < 4.78 is 2.28. The Bertz CT molecular complexity index is 504. The molecular formula is C15H22N4. The second-order valence-corrected chi connectivity index (χ2v) is 6.40. The molecule has 0 amide bonds. The van der Waals surface area contributed by atoms with Gasteiger partial charge in [0.05, 0.1) is 6.04 Å². The number of allylic oxidation sites excluding steroid dienone is 2. The van der Waals surface area contributed by atoms with Gasteiger partial charge in [0, 0.05) is 6.54 Å². The summed E-state index contributed by atoms with van der Waals surface area (Å²) in [7, 11) is 0. The highest BCUT2D eigenvalue weighted by molar-refractivity contribution is 5.11. The van der Waals surface area contributed by atoms with Crippen molar-refractivity contribution in [2.45, 2.75) is 45.2 Å². The van der Waals surface area contributed by atoms with Gasteiger partial charge in [-0.25, -0.2) is 0 Å². The average molecular weight is 258 g/mol. The van der Waals surface area contributed by atoms with Gasteiger partial charge in [-0.15, -0.1) is 10.2 Å². The second kappa shape index (κ2) is 4.44. The minimum atomic E-state index is 0.415. The number of fused-ring (bicyclic) bond motifs is 3. The molecule has 4 atom stereocenters. The lowest BCUT2D eigenvalue weighted by atomic mass is 9.93. The van der Waals surface area contributed by atoms with Crippen LogP contribution in [0.15, 0.2) is 12.2 Å². The van der Waals surface area contributed by atoms with Crippen molar-refractivity contribution in [3.05, 3.63) is 23.8 Å². The van der Waals surface area contributed by atoms with Gasteiger partial charge in [-0.1, -0.05) is 12.2 Å². The predicted octanol–water partition coefficient (Wildman–Crippen LogP) is 2.22. The molecule has 1 aliphatic heterocycles. The first-order chi connectivity index (χ1) is 9.31. The fraction of sp³-hybridized carbons (Fsp3) is 0.733. The van der Waals surface area contributed by atoms with Crippen LogP contribution >= 0.6 is 0 Å². The van der Waals surface area contributed by atoms with Crippen molar-refractivity contribution in [1.82, 2.24) is 20.1 Å². The lowest BCUT2D eigenvalue weighted by Gasteiger charge is -2.27. The molecule has 0 spiro atoms. The van der Waals surface area contributed by atoms with Gasteiger partial charge >= 0.3 is 0 Å². The Hall–Kier alpha value is -1.16. The van der Waals surface area contributed by atoms with E-state index in [1.807, 2.05) is 0 Å². The fourth-order valence-electron chi connectivity index (χ4n) is 4.13. The predicted molar refractivity (Wildman–Crippen MR) is 73.6 cm³/mol. The van der Waals surface area contributed by atoms with Gasteiger partial charge < -0.3 is 9.88 Å². The van der Waals surface area contributed by atoms with Crippen LogP contribution < -0.4 is 5.32 Å². The number of rotatable bonds is 3. The minimum Gasteiger partial charge on any atom is -0.314 e. The normalized spacial score (nSPS) is 35.8. The number of nitrogens with zero attached hydrogens (tertiary/aromatic N) is 3. The zero-order chi connectivity index (χ0) is 12.8. The van der Waals surface area contributed by atoms with Crippen LogP contribution in [0.25, 0.3) is 0 Å². The van der Waals surface area contributed by atoms with E-state index in [1.165, 1.54) is 25.7 Å². The quantitative estimate of drug-likeness (QED) is 0.845. The molecule has 4 rings (SSSR count). The van der Waals surface area contributed by atoms with Gasteiger partial charge in [0.25, 0.3) is 0 Å². The Morgan fingerprint density at radius 3 is 3.05 bits per heavy atom. The molecule has 4 unspecified atom stereocenters. The van der Waals surface area contributed by atoms with E-state index in [4.69, 9.17) is 0 Å². The number of hydrogen-bond acceptors (Lipinski definition) is 3. The molecular weight excluding hydrogens is 236 g/mol. The summed E-state index contributed by atoms with van der Waals surface area (Å²) >= 11 is 0. The molecule has 102 valence electrons. The van der Waals surface area contributed by atoms with Gasteiger partial charge in [0.15, 0.2) is 0 Å². The van der Waals surface area contributed by atoms with Crippen LogP contribution in [0.1, 0.15) is 43.4 Å². The van der Waals surface area contributed by atoms with Crippen molar-refractivity contribution >= 4 is 0 Å². The molecule has 4 nitrogen and oxygen atoms in total. The highest BCUT2D eigenvalue weighted by atomic mass is 15.3. The smallest absolute Gasteiger partial charge is 0.150 e. The third-order valence-electron chi connectivity index (χ3n) is 5.19. The second-order valence-electron chi connectivity index (χ2n) is 6.40. The third-order valence-corrected chi connectivity index (χ3v) is 5.19. The first kappa shape index (κ1) is 11.6. The van der Waals surface area contributed by atoms with Crippen molar-refractivity contribution in [3.8, 4) is 0 Å². The zero-order valence-electron chi connectivity index (χ0n) is 11.5. The summed E-state index contributed by atoms with van der Waals surface area (Å²) in [5.74, 6) is 4.76. The van der Waals surface area contributed by atoms with E-state index in [0.29, 0.717) is 6.04 Å². The molecule has 1 fully saturated rings. The van der Waals surface area contributed by atoms with E-state index in [-0.39, 0.29) is 0 Å². The molecule has 0 aromatic carbocycles. The molecule has 1 saturated carbocycles. The number of aromatic nitrogens is 3. The van der Waals surface area contributed by atoms with Gasteiger partial charge in [-0.3, -0.25) is 0 Å². The van der Waals surface area contributed by atoms with E-state index >= 15 is 0 Å². The maximum Gasteiger partial charge on any atom is 0.150 e. The fourth-order valence-corrected chi connectivity index (χ4v) is 4.13. The van der Waals surface area contributed by atoms with Crippen LogP contribution in [0.4, 0.5) is 0 Å². The van der Waals surface area contributed by atoms with E-state index in [9.17, 15) is 0 Å². The number of aryl methyl sites for hydroxylation is 1. The van der Waals surface area contributed by atoms with Crippen LogP contribution in [-0.2, 0) is 6.54 Å². The molecule has 0 radical (unpaired) electrons. The molecule has 2 bridgehead atoms. The SMILES string of the molecule is Cc1nnc2n1CCCC2NCC1CC2C=CC1C2. The number of nitrogens with one attached hydrogen (secondary N) is 1. The number of hydrogen-bond donors (Lipinski definition) is 1. The monoisotopic (exact) mass is 258 g/mol. The van der Waals surface area contributed by atoms with E-state index < -0.39 is 0 Å². The molecule has 1 aromatic rings. The van der Waals surface area contributed by atoms with Gasteiger partial charge in [0.1, 0.15) is 11.6 Å². The van der Waals surface area contributed by atoms with Crippen LogP contribution in [0.2, 0.25) is 0 Å². The van der Waals surface area contributed by atoms with Gasteiger partial charge in [-0.05, 0) is 56.9 Å². The van der Waals surface area contributed by atoms with Crippen LogP contribution in [0.5, 0.6) is 0 Å². The molecule has 1 aromatic heterocycles. The summed E-state index contributed by atoms with van der Waals surface area (Å²) in [5.41, 5.74) is 0. The van der Waals surface area contributed by atoms with Crippen molar-refractivity contribution < 1.29 is 0 Å². The molecule has 0 saturated heterocycles. The van der Waals surface area contributed by atoms with Crippen molar-refractivity contribution in [2.75, 3.05) is 6.54 Å². The average Bonchev–Trinajstić information content (AvgIpc) is 3.12. The maximum absolute atomic E-state index is 4.37. The Morgan fingerprint density at radius 2 is 2.26 bits per heavy atom. The molecule has 19 heavy (non-hydrogen) atoms. The summed E-state index contributed by atoms with van der Waals surface area (Å²) in [6.45, 7) is 4.28. The Balaban J connectivity index is 1.43. The first-order valence-electron chi connectivity index (χ1n) is 7.62. The lowest BCUT2D eigenvalue weighted by molar-refractivity contribution is 0.334. The molecule has 1 N–H and O–H groups in total. The van der Waals surface area contributed by atoms with Crippen molar-refractivity contribution in [1.29, 1.82) is 0 Å². The zero-order valence-corrected chi connectivity index (χ0v) is 11.5. The first-order valence-corrected chi connectivity index (χ1v) is 7.62. The molecule has 3 aliphatic rings. The van der Waals surface area contributed by atoms with Crippen LogP contribution in [0, 0.1) is 24.7 Å². The van der Waals surface area contributed by atoms with E-state index in [2.05, 4.69) is 39.2 Å². The topological polar surface area (TPSA) is 42.7 Å². The summed E-state index contributed by atoms with van der Waals surface area (Å²) in [6, 6.07) is 0.415. The van der Waals surface area contributed by atoms with Crippen LogP contribution in [0.3, 0.4) is 0 Å². The third kappa shape index (κ3) is 1.93. The minimum absolute atomic E-state index is 0.415. The highest BCUT2D eigenvalue weighted by Crippen LogP contribution is 2.43. The highest BCUT2D eigenvalue weighted by Gasteiger charge is 2.36. The van der Waals surface area contributed by atoms with E-state index in [1.54, 1.807) is 0 Å². The van der Waals surface area contributed by atoms with E-state index in [0.717, 1.165) is 42.5 Å². The van der Waals surface area contributed by atoms with Gasteiger partial charge in [0.2, 0.25) is 0 Å². The largest absolute Gasteiger partial charge is 0.314 e. The molecule has 2 heterocycles. The Morgan fingerprint density at radius 1 is 1.32 bits per heavy atom. The lowest BCUT2D eigenvalue weighted by Crippen LogP contribution is -2.33. The van der Waals surface area contributed by atoms with Gasteiger partial charge in [-0.2, -0.15) is 0 Å². The maximum atomic E-state index is 4.37. The summed E-state index contributed by atoms with van der Waals surface area (Å²) in [5, 5.41) is 12.4. The summed E-state index contributed by atoms with van der Waals surface area (Å²) in [6.07, 6.45) is 10.1. The Labute approximate surface area is 114 Å². The Kier molecular flexibility index (Phi) is 2.72. The van der Waals surface area contributed by atoms with Crippen LogP contribution in [-0.4, -0.2) is 21.3 Å².